The molecule has 4 nitrogen and oxygen atoms in total. The molecule has 2 amide bonds. The Morgan fingerprint density at radius 1 is 1.10 bits per heavy atom. The lowest BCUT2D eigenvalue weighted by Gasteiger charge is -2.42. The van der Waals surface area contributed by atoms with E-state index >= 15 is 0 Å². The number of amides is 2. The maximum Gasteiger partial charge on any atom is 0.226 e. The number of hydrogen-bond donors (Lipinski definition) is 1. The average molecular weight is 409 g/mol. The minimum absolute atomic E-state index is 0.193. The summed E-state index contributed by atoms with van der Waals surface area (Å²) in [5.74, 6) is 0.185. The van der Waals surface area contributed by atoms with Gasteiger partial charge in [0.2, 0.25) is 11.8 Å². The molecule has 2 heterocycles. The van der Waals surface area contributed by atoms with Crippen LogP contribution in [0.15, 0.2) is 41.8 Å². The SMILES string of the molecule is NC(=O)[C@]1(Cc2ccccc2-c2cccs2)CCCN(C(=O)[C@@H]2CC23CCC3)C1. The normalized spacial score (nSPS) is 27.4. The van der Waals surface area contributed by atoms with Gasteiger partial charge in [0.05, 0.1) is 5.41 Å². The summed E-state index contributed by atoms with van der Waals surface area (Å²) in [5.41, 5.74) is 7.94. The van der Waals surface area contributed by atoms with Crippen molar-refractivity contribution in [3.05, 3.63) is 47.3 Å². The monoisotopic (exact) mass is 408 g/mol. The van der Waals surface area contributed by atoms with Crippen LogP contribution in [0.5, 0.6) is 0 Å². The summed E-state index contributed by atoms with van der Waals surface area (Å²) in [7, 11) is 0. The van der Waals surface area contributed by atoms with Crippen molar-refractivity contribution in [2.45, 2.75) is 44.9 Å². The summed E-state index contributed by atoms with van der Waals surface area (Å²) in [5, 5.41) is 2.07. The van der Waals surface area contributed by atoms with Crippen LogP contribution in [-0.4, -0.2) is 29.8 Å². The molecule has 2 aromatic rings. The molecule has 3 fully saturated rings. The highest BCUT2D eigenvalue weighted by atomic mass is 32.1. The van der Waals surface area contributed by atoms with Crippen molar-refractivity contribution in [2.75, 3.05) is 13.1 Å². The third-order valence-electron chi connectivity index (χ3n) is 7.58. The van der Waals surface area contributed by atoms with Gasteiger partial charge in [-0.25, -0.2) is 0 Å². The molecule has 0 bridgehead atoms. The Morgan fingerprint density at radius 2 is 1.93 bits per heavy atom. The number of carbonyl (C=O) groups is 2. The van der Waals surface area contributed by atoms with Crippen molar-refractivity contribution in [1.29, 1.82) is 0 Å². The van der Waals surface area contributed by atoms with Crippen molar-refractivity contribution >= 4 is 23.2 Å². The molecule has 152 valence electrons. The minimum Gasteiger partial charge on any atom is -0.369 e. The van der Waals surface area contributed by atoms with Crippen molar-refractivity contribution < 1.29 is 9.59 Å². The molecular weight excluding hydrogens is 380 g/mol. The maximum absolute atomic E-state index is 13.2. The molecule has 2 aliphatic carbocycles. The van der Waals surface area contributed by atoms with Crippen LogP contribution in [0.4, 0.5) is 0 Å². The highest BCUT2D eigenvalue weighted by Crippen LogP contribution is 2.66. The lowest BCUT2D eigenvalue weighted by Crippen LogP contribution is -2.54. The van der Waals surface area contributed by atoms with E-state index in [-0.39, 0.29) is 17.7 Å². The maximum atomic E-state index is 13.2. The molecule has 2 atom stereocenters. The van der Waals surface area contributed by atoms with Gasteiger partial charge in [-0.15, -0.1) is 11.3 Å². The van der Waals surface area contributed by atoms with Crippen molar-refractivity contribution in [3.8, 4) is 10.4 Å². The molecule has 1 aromatic carbocycles. The fourth-order valence-corrected chi connectivity index (χ4v) is 6.35. The van der Waals surface area contributed by atoms with Gasteiger partial charge in [-0.1, -0.05) is 36.8 Å². The second-order valence-corrected chi connectivity index (χ2v) is 10.2. The van der Waals surface area contributed by atoms with E-state index < -0.39 is 5.41 Å². The van der Waals surface area contributed by atoms with Gasteiger partial charge in [0.1, 0.15) is 0 Å². The van der Waals surface area contributed by atoms with Crippen LogP contribution in [0.3, 0.4) is 0 Å². The molecule has 0 unspecified atom stereocenters. The zero-order valence-electron chi connectivity index (χ0n) is 16.7. The van der Waals surface area contributed by atoms with Crippen LogP contribution in [-0.2, 0) is 16.0 Å². The van der Waals surface area contributed by atoms with Gasteiger partial charge in [-0.3, -0.25) is 9.59 Å². The lowest BCUT2D eigenvalue weighted by molar-refractivity contribution is -0.141. The van der Waals surface area contributed by atoms with Gasteiger partial charge in [0, 0.05) is 23.9 Å². The van der Waals surface area contributed by atoms with Gasteiger partial charge in [0.25, 0.3) is 0 Å². The number of likely N-dealkylation sites (tertiary alicyclic amines) is 1. The molecule has 0 radical (unpaired) electrons. The Balaban J connectivity index is 1.40. The van der Waals surface area contributed by atoms with E-state index in [0.29, 0.717) is 18.4 Å². The highest BCUT2D eigenvalue weighted by Gasteiger charge is 2.62. The molecule has 3 aliphatic rings. The lowest BCUT2D eigenvalue weighted by atomic mass is 9.73. The number of rotatable bonds is 5. The number of hydrogen-bond acceptors (Lipinski definition) is 3. The summed E-state index contributed by atoms with van der Waals surface area (Å²) < 4.78 is 0. The number of thiophene rings is 1. The highest BCUT2D eigenvalue weighted by molar-refractivity contribution is 7.13. The predicted octanol–water partition coefficient (Wildman–Crippen LogP) is 4.24. The number of benzene rings is 1. The summed E-state index contributed by atoms with van der Waals surface area (Å²) >= 11 is 1.71. The molecule has 1 aromatic heterocycles. The number of piperidine rings is 1. The smallest absolute Gasteiger partial charge is 0.226 e. The van der Waals surface area contributed by atoms with E-state index in [1.54, 1.807) is 11.3 Å². The van der Waals surface area contributed by atoms with Crippen molar-refractivity contribution in [2.24, 2.45) is 22.5 Å². The fraction of sp³-hybridized carbons (Fsp3) is 0.500. The van der Waals surface area contributed by atoms with E-state index in [2.05, 4.69) is 23.6 Å². The van der Waals surface area contributed by atoms with Crippen LogP contribution >= 0.6 is 11.3 Å². The van der Waals surface area contributed by atoms with Crippen molar-refractivity contribution in [3.63, 3.8) is 0 Å². The zero-order valence-corrected chi connectivity index (χ0v) is 17.5. The van der Waals surface area contributed by atoms with Gasteiger partial charge in [-0.05, 0) is 66.5 Å². The van der Waals surface area contributed by atoms with Gasteiger partial charge < -0.3 is 10.6 Å². The summed E-state index contributed by atoms with van der Waals surface area (Å²) in [6.45, 7) is 1.22. The number of nitrogens with two attached hydrogens (primary N) is 1. The second-order valence-electron chi connectivity index (χ2n) is 9.29. The first-order chi connectivity index (χ1) is 14.0. The van der Waals surface area contributed by atoms with E-state index in [4.69, 9.17) is 5.73 Å². The fourth-order valence-electron chi connectivity index (χ4n) is 5.56. The third kappa shape index (κ3) is 3.20. The van der Waals surface area contributed by atoms with E-state index in [1.807, 2.05) is 23.1 Å². The molecule has 1 saturated heterocycles. The standard InChI is InChI=1S/C24H28N2O2S/c25-22(28)24(14-17-6-1-2-7-18(17)20-8-3-13-29-20)11-5-12-26(16-24)21(27)19-15-23(19)9-4-10-23/h1-3,6-8,13,19H,4-5,9-12,14-16H2,(H2,25,28)/t19-,24-/m0/s1. The van der Waals surface area contributed by atoms with Crippen LogP contribution in [0.2, 0.25) is 0 Å². The number of nitrogens with zero attached hydrogens (tertiary/aromatic N) is 1. The Morgan fingerprint density at radius 3 is 2.59 bits per heavy atom. The largest absolute Gasteiger partial charge is 0.369 e. The minimum atomic E-state index is -0.678. The van der Waals surface area contributed by atoms with Gasteiger partial charge >= 0.3 is 0 Å². The summed E-state index contributed by atoms with van der Waals surface area (Å²) in [6.07, 6.45) is 6.90. The summed E-state index contributed by atoms with van der Waals surface area (Å²) in [6, 6.07) is 12.4. The van der Waals surface area contributed by atoms with Crippen LogP contribution in [0, 0.1) is 16.7 Å². The topological polar surface area (TPSA) is 63.4 Å². The molecule has 1 aliphatic heterocycles. The second kappa shape index (κ2) is 6.98. The zero-order chi connectivity index (χ0) is 20.1. The molecule has 5 rings (SSSR count). The van der Waals surface area contributed by atoms with Crippen LogP contribution in [0.25, 0.3) is 10.4 Å². The molecule has 1 spiro atoms. The van der Waals surface area contributed by atoms with E-state index in [9.17, 15) is 9.59 Å². The predicted molar refractivity (Wildman–Crippen MR) is 115 cm³/mol. The molecular formula is C24H28N2O2S. The molecule has 29 heavy (non-hydrogen) atoms. The van der Waals surface area contributed by atoms with E-state index in [1.165, 1.54) is 29.7 Å². The molecule has 2 N–H and O–H groups in total. The number of carbonyl (C=O) groups excluding carboxylic acids is 2. The Labute approximate surface area is 176 Å². The van der Waals surface area contributed by atoms with Gasteiger partial charge in [-0.2, -0.15) is 0 Å². The first-order valence-electron chi connectivity index (χ1n) is 10.7. The Hall–Kier alpha value is -2.14. The molecule has 5 heteroatoms. The van der Waals surface area contributed by atoms with Crippen LogP contribution in [0.1, 0.15) is 44.1 Å². The van der Waals surface area contributed by atoms with Crippen LogP contribution < -0.4 is 5.73 Å². The molecule has 2 saturated carbocycles. The first-order valence-corrected chi connectivity index (χ1v) is 11.6. The Kier molecular flexibility index (Phi) is 4.54. The van der Waals surface area contributed by atoms with E-state index in [0.717, 1.165) is 31.4 Å². The Bertz CT molecular complexity index is 934. The van der Waals surface area contributed by atoms with Crippen molar-refractivity contribution in [1.82, 2.24) is 4.90 Å². The first kappa shape index (κ1) is 18.9. The summed E-state index contributed by atoms with van der Waals surface area (Å²) in [4.78, 5) is 29.0. The quantitative estimate of drug-likeness (QED) is 0.804. The van der Waals surface area contributed by atoms with Gasteiger partial charge in [0.15, 0.2) is 0 Å². The third-order valence-corrected chi connectivity index (χ3v) is 8.48. The average Bonchev–Trinajstić information content (AvgIpc) is 3.26. The number of primary amides is 1.